The Labute approximate surface area is 103 Å². The van der Waals surface area contributed by atoms with Gasteiger partial charge in [0, 0.05) is 12.8 Å². The van der Waals surface area contributed by atoms with Crippen LogP contribution in [0.2, 0.25) is 0 Å². The first-order chi connectivity index (χ1) is 8.28. The van der Waals surface area contributed by atoms with Crippen molar-refractivity contribution in [3.8, 4) is 0 Å². The average molecular weight is 270 g/mol. The molecular formula is C11H17F3O4. The van der Waals surface area contributed by atoms with Gasteiger partial charge in [-0.1, -0.05) is 13.3 Å². The van der Waals surface area contributed by atoms with E-state index in [1.165, 1.54) is 0 Å². The van der Waals surface area contributed by atoms with Crippen LogP contribution in [0.3, 0.4) is 0 Å². The van der Waals surface area contributed by atoms with Crippen LogP contribution in [0, 0.1) is 0 Å². The SMILES string of the molecule is CCCCOC(=O)COC1CC(O)(C(F)(F)F)C1. The molecule has 18 heavy (non-hydrogen) atoms. The van der Waals surface area contributed by atoms with E-state index in [0.29, 0.717) is 0 Å². The van der Waals surface area contributed by atoms with Crippen LogP contribution in [0.25, 0.3) is 0 Å². The van der Waals surface area contributed by atoms with Crippen molar-refractivity contribution in [3.63, 3.8) is 0 Å². The van der Waals surface area contributed by atoms with Crippen LogP contribution in [-0.2, 0) is 14.3 Å². The fourth-order valence-electron chi connectivity index (χ4n) is 1.60. The molecule has 0 aliphatic heterocycles. The molecule has 0 aromatic carbocycles. The smallest absolute Gasteiger partial charge is 0.417 e. The first-order valence-corrected chi connectivity index (χ1v) is 5.85. The summed E-state index contributed by atoms with van der Waals surface area (Å²) in [7, 11) is 0. The molecule has 1 rings (SSSR count). The molecule has 1 aliphatic rings. The number of carbonyl (C=O) groups is 1. The molecule has 0 spiro atoms. The van der Waals surface area contributed by atoms with E-state index in [2.05, 4.69) is 0 Å². The molecule has 0 heterocycles. The standard InChI is InChI=1S/C11H17F3O4/c1-2-3-4-17-9(15)7-18-8-5-10(16,6-8)11(12,13)14/h8,16H,2-7H2,1H3. The van der Waals surface area contributed by atoms with Crippen molar-refractivity contribution in [2.45, 2.75) is 50.5 Å². The van der Waals surface area contributed by atoms with E-state index in [1.807, 2.05) is 6.92 Å². The number of halogens is 3. The van der Waals surface area contributed by atoms with Gasteiger partial charge in [0.15, 0.2) is 5.60 Å². The van der Waals surface area contributed by atoms with Gasteiger partial charge < -0.3 is 14.6 Å². The molecule has 0 bridgehead atoms. The van der Waals surface area contributed by atoms with Crippen LogP contribution in [0.15, 0.2) is 0 Å². The Morgan fingerprint density at radius 2 is 2.06 bits per heavy atom. The van der Waals surface area contributed by atoms with Gasteiger partial charge in [-0.05, 0) is 6.42 Å². The third-order valence-electron chi connectivity index (χ3n) is 2.86. The predicted octanol–water partition coefficient (Wildman–Crippen LogP) is 1.80. The number of unbranched alkanes of at least 4 members (excludes halogenated alkanes) is 1. The molecule has 1 N–H and O–H groups in total. The van der Waals surface area contributed by atoms with Crippen molar-refractivity contribution >= 4 is 5.97 Å². The maximum absolute atomic E-state index is 12.3. The summed E-state index contributed by atoms with van der Waals surface area (Å²) in [6.07, 6.45) is -4.82. The highest BCUT2D eigenvalue weighted by Crippen LogP contribution is 2.46. The number of ether oxygens (including phenoxy) is 2. The fraction of sp³-hybridized carbons (Fsp3) is 0.909. The number of rotatable bonds is 6. The number of carbonyl (C=O) groups excluding carboxylic acids is 1. The van der Waals surface area contributed by atoms with Crippen LogP contribution >= 0.6 is 0 Å². The Kier molecular flexibility index (Phi) is 4.98. The number of hydrogen-bond donors (Lipinski definition) is 1. The van der Waals surface area contributed by atoms with Crippen molar-refractivity contribution in [2.24, 2.45) is 0 Å². The first-order valence-electron chi connectivity index (χ1n) is 5.85. The van der Waals surface area contributed by atoms with Gasteiger partial charge in [-0.15, -0.1) is 0 Å². The van der Waals surface area contributed by atoms with Gasteiger partial charge in [0.05, 0.1) is 12.7 Å². The molecule has 1 fully saturated rings. The minimum absolute atomic E-state index is 0.288. The zero-order valence-corrected chi connectivity index (χ0v) is 10.1. The largest absolute Gasteiger partial charge is 0.464 e. The molecule has 0 saturated heterocycles. The van der Waals surface area contributed by atoms with Crippen molar-refractivity contribution in [2.75, 3.05) is 13.2 Å². The molecule has 0 unspecified atom stereocenters. The summed E-state index contributed by atoms with van der Waals surface area (Å²) in [6.45, 7) is 1.86. The molecule has 4 nitrogen and oxygen atoms in total. The van der Waals surface area contributed by atoms with Crippen LogP contribution in [0.5, 0.6) is 0 Å². The summed E-state index contributed by atoms with van der Waals surface area (Å²) >= 11 is 0. The molecule has 0 radical (unpaired) electrons. The van der Waals surface area contributed by atoms with E-state index in [4.69, 9.17) is 14.6 Å². The first kappa shape index (κ1) is 15.2. The molecule has 0 aromatic rings. The third-order valence-corrected chi connectivity index (χ3v) is 2.86. The zero-order valence-electron chi connectivity index (χ0n) is 10.1. The maximum Gasteiger partial charge on any atom is 0.417 e. The predicted molar refractivity (Wildman–Crippen MR) is 55.8 cm³/mol. The van der Waals surface area contributed by atoms with Crippen LogP contribution in [0.4, 0.5) is 13.2 Å². The highest BCUT2D eigenvalue weighted by atomic mass is 19.4. The van der Waals surface area contributed by atoms with E-state index in [9.17, 15) is 18.0 Å². The van der Waals surface area contributed by atoms with E-state index in [-0.39, 0.29) is 13.2 Å². The molecule has 1 saturated carbocycles. The molecule has 106 valence electrons. The van der Waals surface area contributed by atoms with E-state index in [0.717, 1.165) is 12.8 Å². The van der Waals surface area contributed by atoms with Gasteiger partial charge in [0.25, 0.3) is 0 Å². The summed E-state index contributed by atoms with van der Waals surface area (Å²) < 4.78 is 46.5. The second-order valence-electron chi connectivity index (χ2n) is 4.44. The summed E-state index contributed by atoms with van der Waals surface area (Å²) in [4.78, 5) is 11.1. The Balaban J connectivity index is 2.15. The molecular weight excluding hydrogens is 253 g/mol. The maximum atomic E-state index is 12.3. The Hall–Kier alpha value is -0.820. The summed E-state index contributed by atoms with van der Waals surface area (Å²) in [6, 6.07) is 0. The molecule has 0 atom stereocenters. The van der Waals surface area contributed by atoms with E-state index >= 15 is 0 Å². The van der Waals surface area contributed by atoms with E-state index < -0.39 is 36.7 Å². The molecule has 0 amide bonds. The fourth-order valence-corrected chi connectivity index (χ4v) is 1.60. The summed E-state index contributed by atoms with van der Waals surface area (Å²) in [5.74, 6) is -0.592. The van der Waals surface area contributed by atoms with Crippen LogP contribution < -0.4 is 0 Å². The molecule has 1 aliphatic carbocycles. The lowest BCUT2D eigenvalue weighted by molar-refractivity contribution is -0.310. The summed E-state index contributed by atoms with van der Waals surface area (Å²) in [5.41, 5.74) is -2.66. The summed E-state index contributed by atoms with van der Waals surface area (Å²) in [5, 5.41) is 9.13. The Bertz CT molecular complexity index is 285. The second kappa shape index (κ2) is 5.88. The topological polar surface area (TPSA) is 55.8 Å². The minimum Gasteiger partial charge on any atom is -0.464 e. The Morgan fingerprint density at radius 3 is 2.56 bits per heavy atom. The lowest BCUT2D eigenvalue weighted by atomic mass is 9.77. The number of aliphatic hydroxyl groups is 1. The van der Waals surface area contributed by atoms with Gasteiger partial charge in [-0.3, -0.25) is 0 Å². The van der Waals surface area contributed by atoms with E-state index in [1.54, 1.807) is 0 Å². The highest BCUT2D eigenvalue weighted by Gasteiger charge is 2.61. The van der Waals surface area contributed by atoms with Gasteiger partial charge in [0.2, 0.25) is 0 Å². The van der Waals surface area contributed by atoms with Crippen molar-refractivity contribution in [1.82, 2.24) is 0 Å². The van der Waals surface area contributed by atoms with Gasteiger partial charge >= 0.3 is 12.1 Å². The number of esters is 1. The minimum atomic E-state index is -4.64. The quantitative estimate of drug-likeness (QED) is 0.590. The molecule has 7 heteroatoms. The van der Waals surface area contributed by atoms with Crippen LogP contribution in [-0.4, -0.2) is 42.2 Å². The van der Waals surface area contributed by atoms with Gasteiger partial charge in [-0.2, -0.15) is 13.2 Å². The van der Waals surface area contributed by atoms with Crippen molar-refractivity contribution < 1.29 is 32.5 Å². The average Bonchev–Trinajstić information content (AvgIpc) is 2.21. The highest BCUT2D eigenvalue weighted by molar-refractivity contribution is 5.70. The van der Waals surface area contributed by atoms with Gasteiger partial charge in [0.1, 0.15) is 6.61 Å². The monoisotopic (exact) mass is 270 g/mol. The van der Waals surface area contributed by atoms with Crippen molar-refractivity contribution in [3.05, 3.63) is 0 Å². The van der Waals surface area contributed by atoms with Crippen molar-refractivity contribution in [1.29, 1.82) is 0 Å². The van der Waals surface area contributed by atoms with Crippen LogP contribution in [0.1, 0.15) is 32.6 Å². The number of alkyl halides is 3. The lowest BCUT2D eigenvalue weighted by Crippen LogP contribution is -2.58. The zero-order chi connectivity index (χ0) is 13.8. The molecule has 0 aromatic heterocycles. The lowest BCUT2D eigenvalue weighted by Gasteiger charge is -2.43. The second-order valence-corrected chi connectivity index (χ2v) is 4.44. The number of hydrogen-bond acceptors (Lipinski definition) is 4. The van der Waals surface area contributed by atoms with Gasteiger partial charge in [-0.25, -0.2) is 4.79 Å². The normalized spacial score (nSPS) is 27.7. The Morgan fingerprint density at radius 1 is 1.44 bits per heavy atom. The third kappa shape index (κ3) is 3.84.